The number of carbonyl (C=O) groups excluding carboxylic acids is 6. The first kappa shape index (κ1) is 117. The molecule has 66 nitrogen and oxygen atoms in total. The third-order valence-electron chi connectivity index (χ3n) is 21.0. The Morgan fingerprint density at radius 3 is 0.951 bits per heavy atom. The summed E-state index contributed by atoms with van der Waals surface area (Å²) in [6, 6.07) is 0. The van der Waals surface area contributed by atoms with Crippen LogP contribution in [0.4, 0.5) is 35.0 Å². The molecular formula is C73H97ClI2KN37O29S. The van der Waals surface area contributed by atoms with Crippen molar-refractivity contribution in [3.63, 3.8) is 0 Å². The van der Waals surface area contributed by atoms with Crippen LogP contribution in [0.1, 0.15) is 76.1 Å². The van der Waals surface area contributed by atoms with Gasteiger partial charge in [-0.2, -0.15) is 65.1 Å². The zero-order chi connectivity index (χ0) is 104. The van der Waals surface area contributed by atoms with E-state index in [9.17, 15) is 95.2 Å². The number of imidazole rings is 5. The number of rotatable bonds is 22. The van der Waals surface area contributed by atoms with Gasteiger partial charge in [-0.1, -0.05) is 46.4 Å². The van der Waals surface area contributed by atoms with E-state index in [0.29, 0.717) is 23.4 Å². The molecule has 0 aliphatic carbocycles. The van der Waals surface area contributed by atoms with Crippen LogP contribution in [0.15, 0.2) is 68.8 Å². The largest absolute Gasteiger partial charge is 1.00 e. The first-order chi connectivity index (χ1) is 67.9. The fourth-order valence-corrected chi connectivity index (χ4v) is 14.2. The van der Waals surface area contributed by atoms with Crippen molar-refractivity contribution in [2.75, 3.05) is 94.4 Å². The van der Waals surface area contributed by atoms with Crippen molar-refractivity contribution in [1.29, 1.82) is 0 Å². The van der Waals surface area contributed by atoms with Gasteiger partial charge in [0.05, 0.1) is 113 Å². The molecule has 18 rings (SSSR count). The van der Waals surface area contributed by atoms with Crippen LogP contribution in [0.25, 0.3) is 73.7 Å². The average Bonchev–Trinajstić information content (AvgIpc) is 1.64. The number of ether oxygens (including phenoxy) is 7. The Balaban J connectivity index is 0.000000193. The molecule has 13 aromatic heterocycles. The first-order valence-corrected chi connectivity index (χ1v) is 44.6. The van der Waals surface area contributed by atoms with E-state index in [1.165, 1.54) is 120 Å². The molecule has 0 radical (unpaired) electrons. The van der Waals surface area contributed by atoms with Gasteiger partial charge in [-0.3, -0.25) is 54.3 Å². The molecule has 776 valence electrons. The molecule has 5 aliphatic rings. The SMILES string of the molecule is CCOC(=O)C(C=O)C=O.CCOC(=O)c1cnn(-c2nc(N)c3ncn([C@@H]4O[C@H](CO)[C@@H](O)[C@H]4O)c3n2)c1.CNC(=O)c1cnn(-c2nc(N)c3ncn([C@@H]4O[C@H](CO)[C@@H](O)[C@H]4O)c3n2)c1.CNC(=O)c1cnn(-c2nc(N)c3ncn([C@@H]4O[C@H](CO)[C@@H](O)[C@H]4O)c3n2)c1.NN.NNc1nc(N)c2ncn([C@@H]3O[C@H](CO)[C@@H](O)[C@H]3O)c2n1.Nc1nc(Cl)nc2c1ncn2[C@@H]1O[C@H](CO)[C@@H](O)[C@H]1O.O.[K+].[S-]C(I)I. The monoisotopic (exact) mass is 2320 g/mol. The summed E-state index contributed by atoms with van der Waals surface area (Å²) in [6.45, 7) is 1.48. The van der Waals surface area contributed by atoms with Crippen LogP contribution in [0.5, 0.6) is 0 Å². The van der Waals surface area contributed by atoms with Gasteiger partial charge >= 0.3 is 63.3 Å². The van der Waals surface area contributed by atoms with Gasteiger partial charge in [0, 0.05) is 32.7 Å². The maximum Gasteiger partial charge on any atom is 1.00 e. The number of nitrogen functional groups attached to an aromatic ring is 6. The van der Waals surface area contributed by atoms with E-state index in [1.54, 1.807) is 13.8 Å². The fourth-order valence-electron chi connectivity index (χ4n) is 14.0. The van der Waals surface area contributed by atoms with Crippen LogP contribution in [0.2, 0.25) is 5.28 Å². The number of nitrogens with two attached hydrogens (primary N) is 8. The molecule has 0 unspecified atom stereocenters. The number of hydrazine groups is 2. The summed E-state index contributed by atoms with van der Waals surface area (Å²) in [4.78, 5) is 127. The third-order valence-corrected chi connectivity index (χ3v) is 21.1. The fraction of sp³-hybridized carbons (Fsp3) is 0.452. The molecule has 18 heterocycles. The van der Waals surface area contributed by atoms with E-state index in [-0.39, 0.29) is 203 Å². The number of carbonyl (C=O) groups is 6. The number of aromatic nitrogens is 26. The van der Waals surface area contributed by atoms with Gasteiger partial charge in [-0.25, -0.2) is 49.6 Å². The summed E-state index contributed by atoms with van der Waals surface area (Å²) in [7, 11) is 3.00. The van der Waals surface area contributed by atoms with Crippen LogP contribution < -0.4 is 114 Å². The van der Waals surface area contributed by atoms with E-state index in [4.69, 9.17) is 84.7 Å². The Bertz CT molecular complexity index is 6360. The molecule has 0 bridgehead atoms. The van der Waals surface area contributed by atoms with Crippen molar-refractivity contribution in [3.8, 4) is 17.8 Å². The van der Waals surface area contributed by atoms with Gasteiger partial charge in [0.25, 0.3) is 29.7 Å². The number of halogens is 3. The molecule has 0 saturated carbocycles. The minimum atomic E-state index is -1.32. The number of alkyl halides is 2. The van der Waals surface area contributed by atoms with Gasteiger partial charge < -0.3 is 177 Å². The topological polar surface area (TPSA) is 1020 Å². The van der Waals surface area contributed by atoms with Gasteiger partial charge in [-0.05, 0) is 25.4 Å². The minimum absolute atomic E-state index is 0. The first-order valence-electron chi connectivity index (χ1n) is 41.3. The van der Waals surface area contributed by atoms with Crippen LogP contribution in [0, 0.1) is 5.92 Å². The normalized spacial score (nSPS) is 23.9. The van der Waals surface area contributed by atoms with Gasteiger partial charge in [0.15, 0.2) is 94.4 Å². The number of esters is 2. The number of anilines is 6. The molecule has 0 spiro atoms. The molecule has 71 heteroatoms. The summed E-state index contributed by atoms with van der Waals surface area (Å²) >= 11 is 14.6. The molecule has 36 N–H and O–H groups in total. The predicted octanol–water partition coefficient (Wildman–Crippen LogP) is -14.3. The average molecular weight is 2320 g/mol. The van der Waals surface area contributed by atoms with Gasteiger partial charge in [-0.15, -0.1) is 0 Å². The van der Waals surface area contributed by atoms with Crippen molar-refractivity contribution in [1.82, 2.24) is 138 Å². The van der Waals surface area contributed by atoms with Gasteiger partial charge in [0.2, 0.25) is 11.2 Å². The molecule has 0 aromatic carbocycles. The van der Waals surface area contributed by atoms with Crippen LogP contribution in [-0.4, -0.2) is 399 Å². The van der Waals surface area contributed by atoms with Crippen molar-refractivity contribution in [2.24, 2.45) is 23.4 Å². The molecule has 13 aromatic rings. The molecule has 5 aliphatic heterocycles. The van der Waals surface area contributed by atoms with Crippen LogP contribution in [0.3, 0.4) is 0 Å². The van der Waals surface area contributed by atoms with E-state index in [0.717, 1.165) is 0 Å². The maximum atomic E-state index is 11.8. The zero-order valence-corrected chi connectivity index (χ0v) is 84.5. The standard InChI is InChI=1S/C16H19N7O6.2C15H18N8O5.C10H12ClN5O4.C10H15N7O4.C6H8O4.CH2I2S.K.H4N2.H2O/c1-2-28-15(27)7-3-19-23(4-7)16-20-12(17)9-13(21-16)22(6-18-9)14-11(26)10(25)8(5-24)29-14;2*1-17-13(27)6-2-19-23(3-6)15-20-11(16)8-12(21-15)22(5-18-8)14-10(26)9(25)7(4-24)28-14;11-10-14-7(12)4-8(15-10)16(2-13-4)9-6(19)5(18)3(1-17)20-9;11-7-4-8(15-10(14-7)16-12)17(2-13-4)9-6(20)5(19)3(1-18)21-9;1-2-10-6(9)5(3-7)4-8;2-1(3)4;;1-2;/h3-4,6,8,10-11,14,24-26H,2,5H2,1H3,(H2,17,20,21);2*2-3,5,7,9-10,14,24-26H,4H2,1H3,(H,17,27)(H2,16,20,21);2-3,5-6,9,17-19H,1H2,(H2,12,14,15);2-3,5-6,9,18-20H,1,12H2,(H3,11,14,15,16);3-5H,2H2,1H3;1,4H;;1-2H2;1H2/q;;;;;;;+1;;/p-1/t8-,10-,11-,14-;2*7-,9-,10-,14-;2*3-,5-,6-,9-;;;;;/m11111...../s1. The Labute approximate surface area is 886 Å². The number of hydrogen-bond donors (Lipinski definition) is 26. The van der Waals surface area contributed by atoms with E-state index in [1.807, 2.05) is 0 Å². The molecule has 5 fully saturated rings. The molecule has 144 heavy (non-hydrogen) atoms. The second-order valence-electron chi connectivity index (χ2n) is 29.7. The number of nitrogens with one attached hydrogen (secondary N) is 3. The quantitative estimate of drug-likeness (QED) is 0.00286. The summed E-state index contributed by atoms with van der Waals surface area (Å²) < 4.78 is 47.8. The number of hydrogen-bond acceptors (Lipinski definition) is 56. The second kappa shape index (κ2) is 52.5. The molecule has 20 atom stereocenters. The van der Waals surface area contributed by atoms with Crippen molar-refractivity contribution in [2.45, 2.75) is 138 Å². The summed E-state index contributed by atoms with van der Waals surface area (Å²) in [5, 5.41) is 163. The van der Waals surface area contributed by atoms with E-state index < -0.39 is 174 Å². The summed E-state index contributed by atoms with van der Waals surface area (Å²) in [6.07, 6.45) is -6.75. The van der Waals surface area contributed by atoms with Gasteiger partial charge in [0.1, 0.15) is 132 Å². The van der Waals surface area contributed by atoms with Crippen LogP contribution in [-0.2, 0) is 60.2 Å². The number of aliphatic hydroxyl groups excluding tert-OH is 15. The number of aldehydes is 2. The Hall–Kier alpha value is -10.8. The zero-order valence-electron chi connectivity index (χ0n) is 75.5. The molecule has 2 amide bonds. The second-order valence-corrected chi connectivity index (χ2v) is 37.0. The molecule has 5 saturated heterocycles. The third kappa shape index (κ3) is 25.5. The van der Waals surface area contributed by atoms with E-state index >= 15 is 0 Å². The number of amides is 2. The smallest absolute Gasteiger partial charge is 0.768 e. The summed E-state index contributed by atoms with van der Waals surface area (Å²) in [5.41, 5.74) is 35.1. The Morgan fingerprint density at radius 2 is 0.694 bits per heavy atom. The van der Waals surface area contributed by atoms with Crippen molar-refractivity contribution in [3.05, 3.63) is 90.8 Å². The van der Waals surface area contributed by atoms with Crippen molar-refractivity contribution >= 4 is 197 Å². The number of aliphatic hydroxyl groups is 15. The maximum absolute atomic E-state index is 11.8. The molecular weight excluding hydrogens is 2220 g/mol. The predicted molar refractivity (Wildman–Crippen MR) is 504 cm³/mol. The Kier molecular flexibility index (Phi) is 42.5. The number of nitrogens with zero attached hydrogens (tertiary/aromatic N) is 26. The van der Waals surface area contributed by atoms with E-state index in [2.05, 4.69) is 180 Å². The van der Waals surface area contributed by atoms with Crippen LogP contribution >= 0.6 is 56.8 Å². The minimum Gasteiger partial charge on any atom is -0.768 e. The summed E-state index contributed by atoms with van der Waals surface area (Å²) in [5.74, 6) is 10.7. The Morgan fingerprint density at radius 1 is 0.438 bits per heavy atom. The van der Waals surface area contributed by atoms with Crippen molar-refractivity contribution < 1.29 is 195 Å². The number of fused-ring (bicyclic) bond motifs is 5.